The molecule has 0 amide bonds. The van der Waals surface area contributed by atoms with Gasteiger partial charge in [-0.15, -0.1) is 11.3 Å². The Labute approximate surface area is 119 Å². The Morgan fingerprint density at radius 1 is 1.35 bits per heavy atom. The van der Waals surface area contributed by atoms with Gasteiger partial charge in [0.2, 0.25) is 5.95 Å². The number of imidazole rings is 1. The van der Waals surface area contributed by atoms with E-state index in [1.165, 1.54) is 16.5 Å². The average molecular weight is 287 g/mol. The molecule has 0 saturated heterocycles. The number of hydrogen-bond donors (Lipinski definition) is 1. The number of anilines is 1. The van der Waals surface area contributed by atoms with Crippen LogP contribution in [0.2, 0.25) is 0 Å². The Balaban J connectivity index is 1.96. The Morgan fingerprint density at radius 3 is 3.15 bits per heavy atom. The van der Waals surface area contributed by atoms with Crippen LogP contribution in [-0.2, 0) is 6.42 Å². The standard InChI is InChI=1S/C15H14FN3S/c16-10-3-1-5-12-14(10)18-15(17)19(12)11-4-2-6-13-9(11)7-8-20-13/h1,3,5,7-8,11H,2,4,6H2,(H2,17,18). The van der Waals surface area contributed by atoms with Gasteiger partial charge in [0, 0.05) is 4.88 Å². The third-order valence-corrected chi connectivity index (χ3v) is 5.03. The first-order valence-electron chi connectivity index (χ1n) is 6.74. The molecular weight excluding hydrogens is 273 g/mol. The van der Waals surface area contributed by atoms with E-state index in [-0.39, 0.29) is 11.9 Å². The quantitative estimate of drug-likeness (QED) is 0.741. The molecule has 3 aromatic rings. The Bertz CT molecular complexity index is 790. The van der Waals surface area contributed by atoms with Crippen LogP contribution in [0.25, 0.3) is 11.0 Å². The molecule has 0 saturated carbocycles. The molecular formula is C15H14FN3S. The lowest BCUT2D eigenvalue weighted by Crippen LogP contribution is -2.17. The number of aromatic nitrogens is 2. The number of fused-ring (bicyclic) bond motifs is 2. The summed E-state index contributed by atoms with van der Waals surface area (Å²) in [4.78, 5) is 5.63. The summed E-state index contributed by atoms with van der Waals surface area (Å²) >= 11 is 1.79. The highest BCUT2D eigenvalue weighted by Crippen LogP contribution is 2.39. The van der Waals surface area contributed by atoms with Crippen LogP contribution in [0.5, 0.6) is 0 Å². The fourth-order valence-electron chi connectivity index (χ4n) is 3.16. The summed E-state index contributed by atoms with van der Waals surface area (Å²) in [6.45, 7) is 0. The monoisotopic (exact) mass is 287 g/mol. The second-order valence-corrected chi connectivity index (χ2v) is 6.16. The van der Waals surface area contributed by atoms with Gasteiger partial charge in [-0.05, 0) is 48.4 Å². The van der Waals surface area contributed by atoms with E-state index in [0.29, 0.717) is 11.5 Å². The summed E-state index contributed by atoms with van der Waals surface area (Å²) in [6, 6.07) is 7.37. The lowest BCUT2D eigenvalue weighted by molar-refractivity contribution is 0.510. The largest absolute Gasteiger partial charge is 0.369 e. The predicted octanol–water partition coefficient (Wildman–Crippen LogP) is 3.74. The molecule has 1 aliphatic rings. The van der Waals surface area contributed by atoms with Crippen LogP contribution in [0.4, 0.5) is 10.3 Å². The second kappa shape index (κ2) is 4.31. The van der Waals surface area contributed by atoms with Gasteiger partial charge in [0.25, 0.3) is 0 Å². The van der Waals surface area contributed by atoms with Crippen LogP contribution in [0.3, 0.4) is 0 Å². The summed E-state index contributed by atoms with van der Waals surface area (Å²) in [5.41, 5.74) is 8.54. The molecule has 1 atom stereocenters. The number of nitrogen functional groups attached to an aromatic ring is 1. The van der Waals surface area contributed by atoms with E-state index in [4.69, 9.17) is 5.73 Å². The first-order chi connectivity index (χ1) is 9.75. The normalized spacial score (nSPS) is 18.4. The molecule has 1 unspecified atom stereocenters. The van der Waals surface area contributed by atoms with Crippen molar-refractivity contribution in [2.75, 3.05) is 5.73 Å². The summed E-state index contributed by atoms with van der Waals surface area (Å²) in [7, 11) is 0. The molecule has 2 aromatic heterocycles. The van der Waals surface area contributed by atoms with E-state index < -0.39 is 0 Å². The van der Waals surface area contributed by atoms with Crippen LogP contribution in [0.1, 0.15) is 29.3 Å². The van der Waals surface area contributed by atoms with Gasteiger partial charge in [-0.1, -0.05) is 6.07 Å². The van der Waals surface area contributed by atoms with Crippen molar-refractivity contribution >= 4 is 28.3 Å². The fourth-order valence-corrected chi connectivity index (χ4v) is 4.14. The smallest absolute Gasteiger partial charge is 0.201 e. The zero-order valence-corrected chi connectivity index (χ0v) is 11.7. The minimum absolute atomic E-state index is 0.178. The number of nitrogens with zero attached hydrogens (tertiary/aromatic N) is 2. The Kier molecular flexibility index (Phi) is 2.57. The minimum Gasteiger partial charge on any atom is -0.369 e. The predicted molar refractivity (Wildman–Crippen MR) is 79.5 cm³/mol. The molecule has 0 spiro atoms. The highest BCUT2D eigenvalue weighted by atomic mass is 32.1. The maximum absolute atomic E-state index is 13.9. The van der Waals surface area contributed by atoms with E-state index in [2.05, 4.69) is 16.4 Å². The topological polar surface area (TPSA) is 43.8 Å². The van der Waals surface area contributed by atoms with Crippen molar-refractivity contribution in [1.82, 2.24) is 9.55 Å². The maximum atomic E-state index is 13.9. The minimum atomic E-state index is -0.311. The van der Waals surface area contributed by atoms with Crippen molar-refractivity contribution in [2.24, 2.45) is 0 Å². The van der Waals surface area contributed by atoms with Crippen LogP contribution < -0.4 is 5.73 Å². The van der Waals surface area contributed by atoms with Crippen LogP contribution in [0.15, 0.2) is 29.6 Å². The van der Waals surface area contributed by atoms with Gasteiger partial charge < -0.3 is 10.3 Å². The molecule has 4 rings (SSSR count). The second-order valence-electron chi connectivity index (χ2n) is 5.15. The van der Waals surface area contributed by atoms with Crippen LogP contribution in [0, 0.1) is 5.82 Å². The molecule has 20 heavy (non-hydrogen) atoms. The van der Waals surface area contributed by atoms with E-state index in [0.717, 1.165) is 24.8 Å². The summed E-state index contributed by atoms with van der Waals surface area (Å²) < 4.78 is 15.8. The van der Waals surface area contributed by atoms with E-state index in [9.17, 15) is 4.39 Å². The zero-order valence-electron chi connectivity index (χ0n) is 10.8. The van der Waals surface area contributed by atoms with Gasteiger partial charge >= 0.3 is 0 Å². The Morgan fingerprint density at radius 2 is 2.25 bits per heavy atom. The summed E-state index contributed by atoms with van der Waals surface area (Å²) in [5.74, 6) is 0.0865. The molecule has 5 heteroatoms. The summed E-state index contributed by atoms with van der Waals surface area (Å²) in [5, 5.41) is 2.12. The first-order valence-corrected chi connectivity index (χ1v) is 7.62. The van der Waals surface area contributed by atoms with Crippen molar-refractivity contribution in [2.45, 2.75) is 25.3 Å². The van der Waals surface area contributed by atoms with Crippen LogP contribution in [-0.4, -0.2) is 9.55 Å². The maximum Gasteiger partial charge on any atom is 0.201 e. The van der Waals surface area contributed by atoms with Gasteiger partial charge in [-0.2, -0.15) is 0 Å². The molecule has 0 aliphatic heterocycles. The van der Waals surface area contributed by atoms with Crippen molar-refractivity contribution in [3.8, 4) is 0 Å². The Hall–Kier alpha value is -1.88. The van der Waals surface area contributed by atoms with Gasteiger partial charge in [-0.3, -0.25) is 0 Å². The number of halogens is 1. The third-order valence-electron chi connectivity index (χ3n) is 4.03. The molecule has 2 heterocycles. The van der Waals surface area contributed by atoms with E-state index in [1.807, 2.05) is 10.6 Å². The fraction of sp³-hybridized carbons (Fsp3) is 0.267. The summed E-state index contributed by atoms with van der Waals surface area (Å²) in [6.07, 6.45) is 3.28. The molecule has 0 fully saturated rings. The molecule has 1 aliphatic carbocycles. The molecule has 3 nitrogen and oxygen atoms in total. The van der Waals surface area contributed by atoms with Gasteiger partial charge in [0.15, 0.2) is 5.82 Å². The molecule has 1 aromatic carbocycles. The molecule has 0 bridgehead atoms. The zero-order chi connectivity index (χ0) is 13.7. The first kappa shape index (κ1) is 11.9. The lowest BCUT2D eigenvalue weighted by atomic mass is 9.93. The number of nitrogens with two attached hydrogens (primary N) is 1. The average Bonchev–Trinajstić information content (AvgIpc) is 3.03. The number of para-hydroxylation sites is 1. The highest BCUT2D eigenvalue weighted by molar-refractivity contribution is 7.10. The molecule has 0 radical (unpaired) electrons. The van der Waals surface area contributed by atoms with Gasteiger partial charge in [0.05, 0.1) is 11.6 Å². The lowest BCUT2D eigenvalue weighted by Gasteiger charge is -2.25. The SMILES string of the molecule is Nc1nc2c(F)cccc2n1C1CCCc2sccc21. The number of aryl methyl sites for hydroxylation is 1. The van der Waals surface area contributed by atoms with Crippen molar-refractivity contribution < 1.29 is 4.39 Å². The number of hydrogen-bond acceptors (Lipinski definition) is 3. The highest BCUT2D eigenvalue weighted by Gasteiger charge is 2.26. The number of rotatable bonds is 1. The van der Waals surface area contributed by atoms with Gasteiger partial charge in [0.1, 0.15) is 5.52 Å². The van der Waals surface area contributed by atoms with Crippen molar-refractivity contribution in [1.29, 1.82) is 0 Å². The van der Waals surface area contributed by atoms with Crippen LogP contribution >= 0.6 is 11.3 Å². The molecule has 102 valence electrons. The van der Waals surface area contributed by atoms with E-state index >= 15 is 0 Å². The van der Waals surface area contributed by atoms with Crippen molar-refractivity contribution in [3.63, 3.8) is 0 Å². The number of thiophene rings is 1. The van der Waals surface area contributed by atoms with Gasteiger partial charge in [-0.25, -0.2) is 9.37 Å². The van der Waals surface area contributed by atoms with E-state index in [1.54, 1.807) is 17.4 Å². The van der Waals surface area contributed by atoms with Crippen molar-refractivity contribution in [3.05, 3.63) is 45.9 Å². The number of benzene rings is 1. The third kappa shape index (κ3) is 1.59. The molecule has 2 N–H and O–H groups in total.